The molecule has 1 aromatic heterocycles. The molecule has 0 saturated carbocycles. The van der Waals surface area contributed by atoms with E-state index >= 15 is 0 Å². The third-order valence-electron chi connectivity index (χ3n) is 1.96. The second kappa shape index (κ2) is 2.85. The minimum atomic E-state index is -0.640. The van der Waals surface area contributed by atoms with Gasteiger partial charge >= 0.3 is 0 Å². The number of carbonyl (C=O) groups is 1. The number of amides is 1. The molecule has 0 saturated heterocycles. The zero-order valence-electron chi connectivity index (χ0n) is 7.11. The molecule has 2 rings (SSSR count). The maximum atomic E-state index is 11.1. The number of nitrogens with zero attached hydrogens (tertiary/aromatic N) is 2. The van der Waals surface area contributed by atoms with Crippen LogP contribution in [-0.4, -0.2) is 15.9 Å². The van der Waals surface area contributed by atoms with Gasteiger partial charge in [-0.1, -0.05) is 0 Å². The normalized spacial score (nSPS) is 9.93. The lowest BCUT2D eigenvalue weighted by Crippen LogP contribution is -2.13. The van der Waals surface area contributed by atoms with Gasteiger partial charge in [0, 0.05) is 0 Å². The summed E-state index contributed by atoms with van der Waals surface area (Å²) in [7, 11) is 0. The topological polar surface area (TPSA) is 95.6 Å². The van der Waals surface area contributed by atoms with Crippen molar-refractivity contribution in [2.24, 2.45) is 5.73 Å². The molecule has 0 aliphatic rings. The van der Waals surface area contributed by atoms with Crippen molar-refractivity contribution < 1.29 is 4.79 Å². The summed E-state index contributed by atoms with van der Waals surface area (Å²) < 4.78 is 0. The van der Waals surface area contributed by atoms with Gasteiger partial charge in [0.05, 0.1) is 23.0 Å². The molecule has 3 N–H and O–H groups in total. The zero-order chi connectivity index (χ0) is 10.1. The van der Waals surface area contributed by atoms with Gasteiger partial charge in [-0.25, -0.2) is 4.98 Å². The highest BCUT2D eigenvalue weighted by atomic mass is 16.1. The van der Waals surface area contributed by atoms with Crippen LogP contribution in [0.25, 0.3) is 11.0 Å². The number of rotatable bonds is 1. The first-order valence-corrected chi connectivity index (χ1v) is 3.90. The van der Waals surface area contributed by atoms with Crippen molar-refractivity contribution in [1.29, 1.82) is 5.26 Å². The number of H-pyrrole nitrogens is 1. The van der Waals surface area contributed by atoms with Gasteiger partial charge in [-0.2, -0.15) is 5.26 Å². The van der Waals surface area contributed by atoms with Crippen LogP contribution in [0.15, 0.2) is 18.5 Å². The Kier molecular flexibility index (Phi) is 1.68. The molecule has 5 nitrogen and oxygen atoms in total. The van der Waals surface area contributed by atoms with E-state index in [0.717, 1.165) is 0 Å². The van der Waals surface area contributed by atoms with Crippen LogP contribution in [0.2, 0.25) is 0 Å². The predicted octanol–water partition coefficient (Wildman–Crippen LogP) is 0.533. The number of benzene rings is 1. The van der Waals surface area contributed by atoms with Gasteiger partial charge in [0.2, 0.25) is 0 Å². The number of nitrogens with two attached hydrogens (primary N) is 1. The number of hydrogen-bond acceptors (Lipinski definition) is 3. The van der Waals surface area contributed by atoms with Gasteiger partial charge in [-0.15, -0.1) is 0 Å². The predicted molar refractivity (Wildman–Crippen MR) is 49.3 cm³/mol. The van der Waals surface area contributed by atoms with Crippen LogP contribution in [-0.2, 0) is 0 Å². The number of imidazole rings is 1. The van der Waals surface area contributed by atoms with Crippen molar-refractivity contribution in [3.05, 3.63) is 29.6 Å². The smallest absolute Gasteiger partial charge is 0.252 e. The summed E-state index contributed by atoms with van der Waals surface area (Å²) >= 11 is 0. The van der Waals surface area contributed by atoms with Crippen LogP contribution in [0.4, 0.5) is 0 Å². The zero-order valence-corrected chi connectivity index (χ0v) is 7.11. The summed E-state index contributed by atoms with van der Waals surface area (Å²) in [5.41, 5.74) is 6.72. The SMILES string of the molecule is N#Cc1ccc2[nH]cnc2c1C(N)=O. The number of hydrogen-bond donors (Lipinski definition) is 2. The molecule has 0 fully saturated rings. The van der Waals surface area contributed by atoms with Crippen LogP contribution >= 0.6 is 0 Å². The molecule has 14 heavy (non-hydrogen) atoms. The maximum absolute atomic E-state index is 11.1. The van der Waals surface area contributed by atoms with E-state index in [4.69, 9.17) is 11.0 Å². The summed E-state index contributed by atoms with van der Waals surface area (Å²) in [5, 5.41) is 8.77. The number of primary amides is 1. The van der Waals surface area contributed by atoms with E-state index in [1.807, 2.05) is 6.07 Å². The maximum Gasteiger partial charge on any atom is 0.252 e. The van der Waals surface area contributed by atoms with Gasteiger partial charge in [0.1, 0.15) is 11.6 Å². The molecular formula is C9H6N4O. The highest BCUT2D eigenvalue weighted by molar-refractivity contribution is 6.06. The quantitative estimate of drug-likeness (QED) is 0.680. The van der Waals surface area contributed by atoms with Crippen molar-refractivity contribution in [2.75, 3.05) is 0 Å². The van der Waals surface area contributed by atoms with Crippen molar-refractivity contribution in [3.8, 4) is 6.07 Å². The highest BCUT2D eigenvalue weighted by Crippen LogP contribution is 2.18. The molecule has 0 radical (unpaired) electrons. The summed E-state index contributed by atoms with van der Waals surface area (Å²) in [6.07, 6.45) is 1.46. The molecule has 68 valence electrons. The lowest BCUT2D eigenvalue weighted by atomic mass is 10.1. The molecule has 0 atom stereocenters. The monoisotopic (exact) mass is 186 g/mol. The molecule has 1 amide bonds. The molecule has 1 heterocycles. The van der Waals surface area contributed by atoms with E-state index in [1.165, 1.54) is 6.33 Å². The van der Waals surface area contributed by atoms with Crippen LogP contribution in [0, 0.1) is 11.3 Å². The summed E-state index contributed by atoms with van der Waals surface area (Å²) in [6.45, 7) is 0. The average molecular weight is 186 g/mol. The highest BCUT2D eigenvalue weighted by Gasteiger charge is 2.13. The van der Waals surface area contributed by atoms with Crippen molar-refractivity contribution in [2.45, 2.75) is 0 Å². The molecule has 0 spiro atoms. The summed E-state index contributed by atoms with van der Waals surface area (Å²) in [5.74, 6) is -0.640. The average Bonchev–Trinajstić information content (AvgIpc) is 2.62. The van der Waals surface area contributed by atoms with Crippen LogP contribution < -0.4 is 5.73 Å². The Morgan fingerprint density at radius 2 is 2.36 bits per heavy atom. The first-order valence-electron chi connectivity index (χ1n) is 3.90. The van der Waals surface area contributed by atoms with Gasteiger partial charge in [-0.05, 0) is 12.1 Å². The minimum Gasteiger partial charge on any atom is -0.365 e. The molecule has 0 aliphatic heterocycles. The van der Waals surface area contributed by atoms with E-state index in [2.05, 4.69) is 9.97 Å². The fourth-order valence-corrected chi connectivity index (χ4v) is 1.35. The number of aromatic nitrogens is 2. The Hall–Kier alpha value is -2.35. The lowest BCUT2D eigenvalue weighted by Gasteiger charge is -1.99. The molecule has 0 unspecified atom stereocenters. The van der Waals surface area contributed by atoms with Crippen molar-refractivity contribution >= 4 is 16.9 Å². The van der Waals surface area contributed by atoms with E-state index in [0.29, 0.717) is 11.0 Å². The van der Waals surface area contributed by atoms with Crippen LogP contribution in [0.3, 0.4) is 0 Å². The van der Waals surface area contributed by atoms with E-state index in [-0.39, 0.29) is 11.1 Å². The largest absolute Gasteiger partial charge is 0.365 e. The number of carbonyl (C=O) groups excluding carboxylic acids is 1. The third kappa shape index (κ3) is 1.02. The number of nitriles is 1. The Bertz CT molecular complexity index is 549. The second-order valence-corrected chi connectivity index (χ2v) is 2.76. The second-order valence-electron chi connectivity index (χ2n) is 2.76. The molecular weight excluding hydrogens is 180 g/mol. The Balaban J connectivity index is 2.91. The summed E-state index contributed by atoms with van der Waals surface area (Å²) in [4.78, 5) is 17.9. The van der Waals surface area contributed by atoms with Gasteiger partial charge < -0.3 is 10.7 Å². The van der Waals surface area contributed by atoms with Gasteiger partial charge in [0.15, 0.2) is 0 Å². The van der Waals surface area contributed by atoms with Crippen LogP contribution in [0.1, 0.15) is 15.9 Å². The number of nitrogens with one attached hydrogen (secondary N) is 1. The van der Waals surface area contributed by atoms with Crippen LogP contribution in [0.5, 0.6) is 0 Å². The van der Waals surface area contributed by atoms with Gasteiger partial charge in [0.25, 0.3) is 5.91 Å². The lowest BCUT2D eigenvalue weighted by molar-refractivity contribution is 0.100. The molecule has 1 aromatic carbocycles. The number of aromatic amines is 1. The van der Waals surface area contributed by atoms with E-state index in [1.54, 1.807) is 12.1 Å². The minimum absolute atomic E-state index is 0.172. The van der Waals surface area contributed by atoms with E-state index in [9.17, 15) is 4.79 Å². The van der Waals surface area contributed by atoms with E-state index < -0.39 is 5.91 Å². The Labute approximate surface area is 79.2 Å². The number of fused-ring (bicyclic) bond motifs is 1. The standard InChI is InChI=1S/C9H6N4O/c10-3-5-1-2-6-8(13-4-12-6)7(5)9(11)14/h1-2,4H,(H2,11,14)(H,12,13). The molecule has 0 bridgehead atoms. The Morgan fingerprint density at radius 3 is 3.00 bits per heavy atom. The molecule has 5 heteroatoms. The summed E-state index contributed by atoms with van der Waals surface area (Å²) in [6, 6.07) is 5.13. The van der Waals surface area contributed by atoms with Crippen molar-refractivity contribution in [3.63, 3.8) is 0 Å². The third-order valence-corrected chi connectivity index (χ3v) is 1.96. The molecule has 2 aromatic rings. The first-order chi connectivity index (χ1) is 6.74. The fourth-order valence-electron chi connectivity index (χ4n) is 1.35. The fraction of sp³-hybridized carbons (Fsp3) is 0. The van der Waals surface area contributed by atoms with Gasteiger partial charge in [-0.3, -0.25) is 4.79 Å². The van der Waals surface area contributed by atoms with Crippen molar-refractivity contribution in [1.82, 2.24) is 9.97 Å². The molecule has 0 aliphatic carbocycles. The first kappa shape index (κ1) is 8.26. The Morgan fingerprint density at radius 1 is 1.57 bits per heavy atom.